The standard InChI is InChI=1S/C22H17ClN6O5/c1-34-19-10-28(11-20(30)25-15-5-2-13(3-6-15)22(32)33)21(31)9-17(19)16-8-14(23)4-7-18(16)29-12-24-26-27-29/h2-10,12H,11H2,1H3,(H,25,30)(H,32,33). The summed E-state index contributed by atoms with van der Waals surface area (Å²) in [6, 6.07) is 12.1. The summed E-state index contributed by atoms with van der Waals surface area (Å²) in [5, 5.41) is 23.2. The number of nitrogens with one attached hydrogen (secondary N) is 1. The molecule has 4 rings (SSSR count). The quantitative estimate of drug-likeness (QED) is 0.411. The van der Waals surface area contributed by atoms with E-state index in [-0.39, 0.29) is 12.1 Å². The number of carboxylic acid groups (broad SMARTS) is 1. The minimum atomic E-state index is -1.07. The first kappa shape index (κ1) is 22.7. The topological polar surface area (TPSA) is 141 Å². The van der Waals surface area contributed by atoms with Crippen molar-refractivity contribution in [1.29, 1.82) is 0 Å². The first-order valence-corrected chi connectivity index (χ1v) is 10.2. The van der Waals surface area contributed by atoms with Gasteiger partial charge in [0.1, 0.15) is 18.6 Å². The van der Waals surface area contributed by atoms with Gasteiger partial charge >= 0.3 is 5.97 Å². The van der Waals surface area contributed by atoms with Gasteiger partial charge < -0.3 is 19.7 Å². The van der Waals surface area contributed by atoms with Crippen molar-refractivity contribution in [3.05, 3.63) is 82.0 Å². The largest absolute Gasteiger partial charge is 0.495 e. The van der Waals surface area contributed by atoms with Crippen LogP contribution in [-0.4, -0.2) is 48.9 Å². The van der Waals surface area contributed by atoms with Crippen molar-refractivity contribution in [3.63, 3.8) is 0 Å². The Bertz CT molecular complexity index is 1420. The van der Waals surface area contributed by atoms with Crippen molar-refractivity contribution >= 4 is 29.2 Å². The van der Waals surface area contributed by atoms with Crippen molar-refractivity contribution in [1.82, 2.24) is 24.8 Å². The second-order valence-corrected chi connectivity index (χ2v) is 7.50. The summed E-state index contributed by atoms with van der Waals surface area (Å²) in [4.78, 5) is 36.3. The number of pyridine rings is 1. The van der Waals surface area contributed by atoms with Crippen molar-refractivity contribution in [2.24, 2.45) is 0 Å². The van der Waals surface area contributed by atoms with E-state index in [0.29, 0.717) is 33.3 Å². The van der Waals surface area contributed by atoms with E-state index in [2.05, 4.69) is 20.8 Å². The molecule has 0 fully saturated rings. The fourth-order valence-corrected chi connectivity index (χ4v) is 3.47. The van der Waals surface area contributed by atoms with Gasteiger partial charge in [-0.2, -0.15) is 4.68 Å². The highest BCUT2D eigenvalue weighted by Crippen LogP contribution is 2.34. The number of ether oxygens (including phenoxy) is 1. The third-order valence-corrected chi connectivity index (χ3v) is 5.12. The van der Waals surface area contributed by atoms with E-state index in [4.69, 9.17) is 21.4 Å². The number of anilines is 1. The third-order valence-electron chi connectivity index (χ3n) is 4.88. The smallest absolute Gasteiger partial charge is 0.335 e. The van der Waals surface area contributed by atoms with Gasteiger partial charge in [0.15, 0.2) is 0 Å². The molecule has 0 spiro atoms. The predicted molar refractivity (Wildman–Crippen MR) is 122 cm³/mol. The number of carbonyl (C=O) groups is 2. The maximum absolute atomic E-state index is 12.9. The van der Waals surface area contributed by atoms with Crippen LogP contribution in [0.4, 0.5) is 5.69 Å². The Balaban J connectivity index is 1.63. The molecule has 0 saturated carbocycles. The Hall–Kier alpha value is -4.51. The van der Waals surface area contributed by atoms with E-state index in [9.17, 15) is 14.4 Å². The predicted octanol–water partition coefficient (Wildman–Crippen LogP) is 2.49. The highest BCUT2D eigenvalue weighted by molar-refractivity contribution is 6.31. The van der Waals surface area contributed by atoms with Gasteiger partial charge in [-0.15, -0.1) is 5.10 Å². The summed E-state index contributed by atoms with van der Waals surface area (Å²) in [5.74, 6) is -1.22. The molecule has 2 aromatic carbocycles. The van der Waals surface area contributed by atoms with Crippen LogP contribution in [-0.2, 0) is 11.3 Å². The average molecular weight is 481 g/mol. The Morgan fingerprint density at radius 3 is 2.53 bits per heavy atom. The number of hydrogen-bond acceptors (Lipinski definition) is 7. The fraction of sp³-hybridized carbons (Fsp3) is 0.0909. The molecule has 0 radical (unpaired) electrons. The number of rotatable bonds is 7. The van der Waals surface area contributed by atoms with E-state index in [1.165, 1.54) is 59.2 Å². The Kier molecular flexibility index (Phi) is 6.37. The van der Waals surface area contributed by atoms with Crippen LogP contribution in [0.5, 0.6) is 5.75 Å². The average Bonchev–Trinajstić information content (AvgIpc) is 3.35. The number of methoxy groups -OCH3 is 1. The van der Waals surface area contributed by atoms with E-state index < -0.39 is 17.4 Å². The molecule has 0 saturated heterocycles. The zero-order valence-corrected chi connectivity index (χ0v) is 18.4. The molecule has 2 heterocycles. The van der Waals surface area contributed by atoms with Crippen molar-refractivity contribution in [2.75, 3.05) is 12.4 Å². The van der Waals surface area contributed by atoms with Crippen LogP contribution >= 0.6 is 11.6 Å². The number of carbonyl (C=O) groups excluding carboxylic acids is 1. The molecule has 0 atom stereocenters. The number of nitrogens with zero attached hydrogens (tertiary/aromatic N) is 5. The van der Waals surface area contributed by atoms with Crippen molar-refractivity contribution in [3.8, 4) is 22.6 Å². The van der Waals surface area contributed by atoms with Gasteiger partial charge in [0.25, 0.3) is 5.56 Å². The lowest BCUT2D eigenvalue weighted by atomic mass is 10.0. The SMILES string of the molecule is COc1cn(CC(=O)Nc2ccc(C(=O)O)cc2)c(=O)cc1-c1cc(Cl)ccc1-n1cnnn1. The van der Waals surface area contributed by atoms with E-state index in [0.717, 1.165) is 0 Å². The summed E-state index contributed by atoms with van der Waals surface area (Å²) in [7, 11) is 1.44. The zero-order chi connectivity index (χ0) is 24.2. The zero-order valence-electron chi connectivity index (χ0n) is 17.7. The van der Waals surface area contributed by atoms with Gasteiger partial charge in [0.05, 0.1) is 24.6 Å². The number of aromatic nitrogens is 5. The lowest BCUT2D eigenvalue weighted by Crippen LogP contribution is -2.27. The molecule has 12 heteroatoms. The molecule has 0 bridgehead atoms. The van der Waals surface area contributed by atoms with E-state index >= 15 is 0 Å². The van der Waals surface area contributed by atoms with E-state index in [1.807, 2.05) is 0 Å². The molecule has 0 aliphatic carbocycles. The second kappa shape index (κ2) is 9.55. The maximum Gasteiger partial charge on any atom is 0.335 e. The molecule has 34 heavy (non-hydrogen) atoms. The molecule has 172 valence electrons. The summed E-state index contributed by atoms with van der Waals surface area (Å²) >= 11 is 6.20. The van der Waals surface area contributed by atoms with Gasteiger partial charge in [0.2, 0.25) is 5.91 Å². The van der Waals surface area contributed by atoms with Crippen LogP contribution in [0.25, 0.3) is 16.8 Å². The summed E-state index contributed by atoms with van der Waals surface area (Å²) in [5.41, 5.74) is 1.63. The molecule has 1 amide bonds. The van der Waals surface area contributed by atoms with Gasteiger partial charge in [-0.3, -0.25) is 9.59 Å². The molecule has 2 N–H and O–H groups in total. The normalized spacial score (nSPS) is 10.6. The molecule has 0 aliphatic rings. The Morgan fingerprint density at radius 1 is 1.12 bits per heavy atom. The number of hydrogen-bond donors (Lipinski definition) is 2. The van der Waals surface area contributed by atoms with Gasteiger partial charge in [-0.1, -0.05) is 11.6 Å². The van der Waals surface area contributed by atoms with Crippen molar-refractivity contribution in [2.45, 2.75) is 6.54 Å². The minimum Gasteiger partial charge on any atom is -0.495 e. The third kappa shape index (κ3) is 4.79. The van der Waals surface area contributed by atoms with Crippen LogP contribution < -0.4 is 15.6 Å². The Morgan fingerprint density at radius 2 is 1.88 bits per heavy atom. The number of carboxylic acids is 1. The molecule has 0 aliphatic heterocycles. The highest BCUT2D eigenvalue weighted by atomic mass is 35.5. The van der Waals surface area contributed by atoms with Crippen LogP contribution in [0.2, 0.25) is 5.02 Å². The van der Waals surface area contributed by atoms with Crippen LogP contribution in [0.3, 0.4) is 0 Å². The number of benzene rings is 2. The molecule has 2 aromatic heterocycles. The monoisotopic (exact) mass is 480 g/mol. The first-order chi connectivity index (χ1) is 16.4. The van der Waals surface area contributed by atoms with Crippen LogP contribution in [0.1, 0.15) is 10.4 Å². The molecular weight excluding hydrogens is 464 g/mol. The van der Waals surface area contributed by atoms with Crippen LogP contribution in [0.15, 0.2) is 65.8 Å². The highest BCUT2D eigenvalue weighted by Gasteiger charge is 2.17. The minimum absolute atomic E-state index is 0.0941. The Labute approximate surface area is 197 Å². The number of halogens is 1. The van der Waals surface area contributed by atoms with Crippen LogP contribution in [0, 0.1) is 0 Å². The summed E-state index contributed by atoms with van der Waals surface area (Å²) < 4.78 is 8.12. The molecule has 0 unspecified atom stereocenters. The molecule has 4 aromatic rings. The fourth-order valence-electron chi connectivity index (χ4n) is 3.30. The van der Waals surface area contributed by atoms with E-state index in [1.54, 1.807) is 18.2 Å². The number of tetrazole rings is 1. The van der Waals surface area contributed by atoms with Gasteiger partial charge in [0, 0.05) is 27.9 Å². The number of amides is 1. The molecule has 11 nitrogen and oxygen atoms in total. The molecular formula is C22H17ClN6O5. The van der Waals surface area contributed by atoms with Gasteiger partial charge in [-0.05, 0) is 52.9 Å². The first-order valence-electron chi connectivity index (χ1n) is 9.80. The maximum atomic E-state index is 12.9. The summed E-state index contributed by atoms with van der Waals surface area (Å²) in [6.07, 6.45) is 2.84. The number of aromatic carboxylic acids is 1. The van der Waals surface area contributed by atoms with Crippen molar-refractivity contribution < 1.29 is 19.4 Å². The summed E-state index contributed by atoms with van der Waals surface area (Å²) in [6.45, 7) is -0.286. The lowest BCUT2D eigenvalue weighted by Gasteiger charge is -2.15. The van der Waals surface area contributed by atoms with Gasteiger partial charge in [-0.25, -0.2) is 4.79 Å². The lowest BCUT2D eigenvalue weighted by molar-refractivity contribution is -0.116. The second-order valence-electron chi connectivity index (χ2n) is 7.07.